The number of benzene rings is 1. The Bertz CT molecular complexity index is 476. The largest absolute Gasteiger partial charge is 0.504 e. The van der Waals surface area contributed by atoms with E-state index in [4.69, 9.17) is 23.2 Å². The average Bonchev–Trinajstić information content (AvgIpc) is 2.15. The summed E-state index contributed by atoms with van der Waals surface area (Å²) in [6.45, 7) is 0. The summed E-state index contributed by atoms with van der Waals surface area (Å²) in [5.41, 5.74) is 0.431. The van der Waals surface area contributed by atoms with Crippen molar-refractivity contribution in [3.8, 4) is 5.75 Å². The quantitative estimate of drug-likeness (QED) is 0.744. The summed E-state index contributed by atoms with van der Waals surface area (Å²) in [5.74, 6) is -0.0262. The van der Waals surface area contributed by atoms with Gasteiger partial charge in [0.15, 0.2) is 5.75 Å². The van der Waals surface area contributed by atoms with Gasteiger partial charge in [-0.15, -0.1) is 0 Å². The standard InChI is InChI=1S/C9H5Cl2NO.Mn/c10-6-4-7(11)9(13)8-5(6)2-1-3-12-8;/h1-4,13H;. The van der Waals surface area contributed by atoms with Crippen molar-refractivity contribution in [3.05, 3.63) is 34.4 Å². The van der Waals surface area contributed by atoms with Gasteiger partial charge in [0.2, 0.25) is 0 Å². The van der Waals surface area contributed by atoms with E-state index in [2.05, 4.69) is 4.98 Å². The first kappa shape index (κ1) is 11.6. The minimum atomic E-state index is -0.0262. The third-order valence-electron chi connectivity index (χ3n) is 1.77. The molecule has 0 bridgehead atoms. The number of phenolic OH excluding ortho intramolecular Hbond substituents is 1. The maximum atomic E-state index is 9.53. The Balaban J connectivity index is 0.000000980. The fourth-order valence-electron chi connectivity index (χ4n) is 1.16. The van der Waals surface area contributed by atoms with Crippen LogP contribution in [0, 0.1) is 0 Å². The molecule has 0 aliphatic heterocycles. The summed E-state index contributed by atoms with van der Waals surface area (Å²) in [7, 11) is 0. The topological polar surface area (TPSA) is 33.1 Å². The Morgan fingerprint density at radius 2 is 1.93 bits per heavy atom. The SMILES string of the molecule is Oc1c(Cl)cc(Cl)c2cccnc12.[Mn]. The minimum absolute atomic E-state index is 0. The van der Waals surface area contributed by atoms with Gasteiger partial charge < -0.3 is 5.11 Å². The molecule has 73 valence electrons. The Labute approximate surface area is 101 Å². The van der Waals surface area contributed by atoms with Gasteiger partial charge in [-0.2, -0.15) is 0 Å². The maximum absolute atomic E-state index is 9.53. The monoisotopic (exact) mass is 268 g/mol. The van der Waals surface area contributed by atoms with Gasteiger partial charge in [-0.3, -0.25) is 4.98 Å². The van der Waals surface area contributed by atoms with Crippen molar-refractivity contribution in [2.75, 3.05) is 0 Å². The summed E-state index contributed by atoms with van der Waals surface area (Å²) in [6, 6.07) is 5.03. The number of fused-ring (bicyclic) bond motifs is 1. The molecule has 0 amide bonds. The molecule has 0 fully saturated rings. The van der Waals surface area contributed by atoms with Crippen LogP contribution >= 0.6 is 23.2 Å². The molecule has 0 aliphatic carbocycles. The molecule has 0 atom stereocenters. The van der Waals surface area contributed by atoms with Gasteiger partial charge in [0.25, 0.3) is 0 Å². The zero-order valence-electron chi connectivity index (χ0n) is 6.84. The van der Waals surface area contributed by atoms with Gasteiger partial charge >= 0.3 is 0 Å². The Morgan fingerprint density at radius 3 is 2.64 bits per heavy atom. The number of phenols is 1. The molecule has 14 heavy (non-hydrogen) atoms. The second-order valence-electron chi connectivity index (χ2n) is 2.59. The molecule has 2 nitrogen and oxygen atoms in total. The normalized spacial score (nSPS) is 9.86. The van der Waals surface area contributed by atoms with E-state index in [1.165, 1.54) is 6.07 Å². The number of nitrogens with zero attached hydrogens (tertiary/aromatic N) is 1. The fraction of sp³-hybridized carbons (Fsp3) is 0. The molecule has 0 unspecified atom stereocenters. The van der Waals surface area contributed by atoms with E-state index in [0.29, 0.717) is 15.9 Å². The molecule has 1 aromatic heterocycles. The average molecular weight is 269 g/mol. The van der Waals surface area contributed by atoms with Crippen LogP contribution in [0.2, 0.25) is 10.0 Å². The molecule has 2 aromatic rings. The van der Waals surface area contributed by atoms with Crippen molar-refractivity contribution in [2.24, 2.45) is 0 Å². The zero-order chi connectivity index (χ0) is 9.42. The number of rotatable bonds is 0. The van der Waals surface area contributed by atoms with Crippen LogP contribution < -0.4 is 0 Å². The summed E-state index contributed by atoms with van der Waals surface area (Å²) < 4.78 is 0. The third kappa shape index (κ3) is 1.82. The number of hydrogen-bond acceptors (Lipinski definition) is 2. The molecule has 1 radical (unpaired) electrons. The second kappa shape index (κ2) is 4.37. The Kier molecular flexibility index (Phi) is 3.62. The molecular weight excluding hydrogens is 264 g/mol. The summed E-state index contributed by atoms with van der Waals surface area (Å²) in [4.78, 5) is 3.98. The summed E-state index contributed by atoms with van der Waals surface area (Å²) in [5, 5.41) is 10.9. The Morgan fingerprint density at radius 1 is 1.21 bits per heavy atom. The van der Waals surface area contributed by atoms with Gasteiger partial charge in [-0.05, 0) is 18.2 Å². The van der Waals surface area contributed by atoms with E-state index in [1.54, 1.807) is 18.3 Å². The van der Waals surface area contributed by atoms with Crippen molar-refractivity contribution in [3.63, 3.8) is 0 Å². The van der Waals surface area contributed by atoms with Crippen LogP contribution in [0.3, 0.4) is 0 Å². The first-order valence-electron chi connectivity index (χ1n) is 3.62. The van der Waals surface area contributed by atoms with E-state index >= 15 is 0 Å². The summed E-state index contributed by atoms with van der Waals surface area (Å²) in [6.07, 6.45) is 1.58. The van der Waals surface area contributed by atoms with Crippen molar-refractivity contribution < 1.29 is 22.2 Å². The van der Waals surface area contributed by atoms with Gasteiger partial charge in [0.05, 0.1) is 10.0 Å². The molecular formula is C9H5Cl2MnNO. The van der Waals surface area contributed by atoms with Crippen LogP contribution in [0.4, 0.5) is 0 Å². The van der Waals surface area contributed by atoms with Crippen molar-refractivity contribution >= 4 is 34.1 Å². The van der Waals surface area contributed by atoms with Crippen molar-refractivity contribution in [1.82, 2.24) is 4.98 Å². The van der Waals surface area contributed by atoms with E-state index in [9.17, 15) is 5.11 Å². The number of aromatic nitrogens is 1. The number of hydrogen-bond donors (Lipinski definition) is 1. The minimum Gasteiger partial charge on any atom is -0.504 e. The number of pyridine rings is 1. The number of aromatic hydroxyl groups is 1. The van der Waals surface area contributed by atoms with Gasteiger partial charge in [-0.1, -0.05) is 23.2 Å². The van der Waals surface area contributed by atoms with Crippen LogP contribution in [-0.2, 0) is 17.1 Å². The molecule has 1 aromatic carbocycles. The second-order valence-corrected chi connectivity index (χ2v) is 3.40. The first-order chi connectivity index (χ1) is 6.20. The number of halogens is 2. The van der Waals surface area contributed by atoms with Crippen LogP contribution in [0.25, 0.3) is 10.9 Å². The zero-order valence-corrected chi connectivity index (χ0v) is 9.53. The van der Waals surface area contributed by atoms with Crippen molar-refractivity contribution in [2.45, 2.75) is 0 Å². The molecule has 1 N–H and O–H groups in total. The maximum Gasteiger partial charge on any atom is 0.160 e. The van der Waals surface area contributed by atoms with E-state index < -0.39 is 0 Å². The van der Waals surface area contributed by atoms with E-state index in [-0.39, 0.29) is 27.8 Å². The molecule has 1 heterocycles. The molecule has 0 saturated heterocycles. The molecule has 2 rings (SSSR count). The molecule has 0 spiro atoms. The molecule has 0 saturated carbocycles. The predicted octanol–water partition coefficient (Wildman–Crippen LogP) is 3.24. The van der Waals surface area contributed by atoms with E-state index in [1.807, 2.05) is 0 Å². The fourth-order valence-corrected chi connectivity index (χ4v) is 1.67. The summed E-state index contributed by atoms with van der Waals surface area (Å²) >= 11 is 11.6. The van der Waals surface area contributed by atoms with Crippen LogP contribution in [0.1, 0.15) is 0 Å². The predicted molar refractivity (Wildman–Crippen MR) is 53.4 cm³/mol. The van der Waals surface area contributed by atoms with Gasteiger partial charge in [-0.25, -0.2) is 0 Å². The van der Waals surface area contributed by atoms with Crippen LogP contribution in [0.15, 0.2) is 24.4 Å². The van der Waals surface area contributed by atoms with Gasteiger partial charge in [0.1, 0.15) is 5.52 Å². The van der Waals surface area contributed by atoms with Crippen molar-refractivity contribution in [1.29, 1.82) is 0 Å². The Hall–Kier alpha value is -0.471. The van der Waals surface area contributed by atoms with Gasteiger partial charge in [0, 0.05) is 28.7 Å². The molecule has 5 heteroatoms. The first-order valence-corrected chi connectivity index (χ1v) is 4.37. The third-order valence-corrected chi connectivity index (χ3v) is 2.37. The van der Waals surface area contributed by atoms with Crippen LogP contribution in [0.5, 0.6) is 5.75 Å². The van der Waals surface area contributed by atoms with E-state index in [0.717, 1.165) is 0 Å². The smallest absolute Gasteiger partial charge is 0.160 e. The van der Waals surface area contributed by atoms with Crippen LogP contribution in [-0.4, -0.2) is 10.1 Å². The molecule has 0 aliphatic rings.